The van der Waals surface area contributed by atoms with Gasteiger partial charge in [-0.3, -0.25) is 9.36 Å². The summed E-state index contributed by atoms with van der Waals surface area (Å²) in [5, 5.41) is 0.642. The van der Waals surface area contributed by atoms with Gasteiger partial charge in [-0.15, -0.1) is 0 Å². The summed E-state index contributed by atoms with van der Waals surface area (Å²) in [6.45, 7) is 1.67. The van der Waals surface area contributed by atoms with Gasteiger partial charge < -0.3 is 23.7 Å². The van der Waals surface area contributed by atoms with Gasteiger partial charge in [-0.25, -0.2) is 4.79 Å². The summed E-state index contributed by atoms with van der Waals surface area (Å²) < 4.78 is 28.7. The molecule has 8 heteroatoms. The number of hydrogen-bond donors (Lipinski definition) is 0. The Kier molecular flexibility index (Phi) is 7.50. The predicted molar refractivity (Wildman–Crippen MR) is 118 cm³/mol. The third-order valence-corrected chi connectivity index (χ3v) is 5.15. The SMILES string of the molecule is COC(=O)c1cc2c(CC(OC)OC)cc(OCc3ccccc3)c(OC)c2n1C(C)=O. The standard InChI is InChI=1S/C24H27NO7/c1-15(26)25-19(24(27)31-5)13-18-17(12-21(28-2)29-3)11-20(23(30-4)22(18)25)32-14-16-9-7-6-8-10-16/h6-11,13,21H,12,14H2,1-5H3. The molecule has 0 aliphatic heterocycles. The smallest absolute Gasteiger partial charge is 0.355 e. The fraction of sp³-hybridized carbons (Fsp3) is 0.333. The topological polar surface area (TPSA) is 85.2 Å². The number of ether oxygens (including phenoxy) is 5. The molecule has 0 fully saturated rings. The van der Waals surface area contributed by atoms with Crippen LogP contribution in [0.25, 0.3) is 10.9 Å². The first-order valence-electron chi connectivity index (χ1n) is 10.0. The maximum Gasteiger partial charge on any atom is 0.355 e. The Balaban J connectivity index is 2.24. The lowest BCUT2D eigenvalue weighted by Gasteiger charge is -2.18. The lowest BCUT2D eigenvalue weighted by molar-refractivity contribution is -0.100. The molecule has 2 aromatic carbocycles. The van der Waals surface area contributed by atoms with Crippen molar-refractivity contribution in [2.75, 3.05) is 28.4 Å². The molecule has 0 spiro atoms. The Morgan fingerprint density at radius 3 is 2.25 bits per heavy atom. The quantitative estimate of drug-likeness (QED) is 0.368. The third-order valence-electron chi connectivity index (χ3n) is 5.15. The monoisotopic (exact) mass is 441 g/mol. The molecule has 32 heavy (non-hydrogen) atoms. The summed E-state index contributed by atoms with van der Waals surface area (Å²) in [5.41, 5.74) is 2.26. The summed E-state index contributed by atoms with van der Waals surface area (Å²) in [5.74, 6) is -0.218. The number of rotatable bonds is 9. The van der Waals surface area contributed by atoms with E-state index >= 15 is 0 Å². The zero-order valence-corrected chi connectivity index (χ0v) is 18.8. The van der Waals surface area contributed by atoms with Crippen molar-refractivity contribution in [2.24, 2.45) is 0 Å². The van der Waals surface area contributed by atoms with E-state index in [-0.39, 0.29) is 11.6 Å². The first-order chi connectivity index (χ1) is 15.4. The minimum atomic E-state index is -0.633. The van der Waals surface area contributed by atoms with Gasteiger partial charge in [0.2, 0.25) is 5.91 Å². The summed E-state index contributed by atoms with van der Waals surface area (Å²) in [7, 11) is 5.85. The second-order valence-corrected chi connectivity index (χ2v) is 7.08. The van der Waals surface area contributed by atoms with Crippen LogP contribution in [0.3, 0.4) is 0 Å². The van der Waals surface area contributed by atoms with Crippen LogP contribution < -0.4 is 9.47 Å². The van der Waals surface area contributed by atoms with Crippen molar-refractivity contribution in [3.63, 3.8) is 0 Å². The van der Waals surface area contributed by atoms with Gasteiger partial charge in [0.15, 0.2) is 17.8 Å². The van der Waals surface area contributed by atoms with E-state index in [2.05, 4.69) is 0 Å². The number of benzene rings is 2. The highest BCUT2D eigenvalue weighted by Gasteiger charge is 2.27. The fourth-order valence-electron chi connectivity index (χ4n) is 3.63. The minimum Gasteiger partial charge on any atom is -0.491 e. The van der Waals surface area contributed by atoms with Gasteiger partial charge in [0.1, 0.15) is 17.8 Å². The van der Waals surface area contributed by atoms with E-state index in [0.29, 0.717) is 35.4 Å². The Labute approximate surface area is 186 Å². The molecular formula is C24H27NO7. The van der Waals surface area contributed by atoms with Crippen molar-refractivity contribution in [3.8, 4) is 11.5 Å². The van der Waals surface area contributed by atoms with E-state index in [9.17, 15) is 9.59 Å². The molecular weight excluding hydrogens is 414 g/mol. The van der Waals surface area contributed by atoms with Crippen molar-refractivity contribution in [3.05, 3.63) is 59.3 Å². The van der Waals surface area contributed by atoms with Crippen molar-refractivity contribution in [2.45, 2.75) is 26.2 Å². The normalized spacial score (nSPS) is 11.1. The molecule has 0 aliphatic carbocycles. The average molecular weight is 441 g/mol. The van der Waals surface area contributed by atoms with Gasteiger partial charge in [0.25, 0.3) is 0 Å². The Morgan fingerprint density at radius 2 is 1.69 bits per heavy atom. The van der Waals surface area contributed by atoms with Crippen LogP contribution in [0.1, 0.15) is 33.3 Å². The second-order valence-electron chi connectivity index (χ2n) is 7.08. The Hall–Kier alpha value is -3.36. The second kappa shape index (κ2) is 10.3. The van der Waals surface area contributed by atoms with Gasteiger partial charge in [-0.05, 0) is 23.3 Å². The van der Waals surface area contributed by atoms with E-state index in [0.717, 1.165) is 11.1 Å². The molecule has 1 aromatic heterocycles. The number of carbonyl (C=O) groups is 2. The third kappa shape index (κ3) is 4.61. The molecule has 0 bridgehead atoms. The fourth-order valence-corrected chi connectivity index (χ4v) is 3.63. The van der Waals surface area contributed by atoms with Crippen molar-refractivity contribution in [1.82, 2.24) is 4.57 Å². The summed E-state index contributed by atoms with van der Waals surface area (Å²) in [6, 6.07) is 13.1. The molecule has 1 heterocycles. The van der Waals surface area contributed by atoms with Crippen molar-refractivity contribution < 1.29 is 33.3 Å². The molecule has 0 saturated heterocycles. The molecule has 3 rings (SSSR count). The number of esters is 1. The van der Waals surface area contributed by atoms with E-state index in [1.807, 2.05) is 36.4 Å². The predicted octanol–water partition coefficient (Wildman–Crippen LogP) is 3.84. The lowest BCUT2D eigenvalue weighted by Crippen LogP contribution is -2.17. The van der Waals surface area contributed by atoms with Crippen molar-refractivity contribution >= 4 is 22.8 Å². The molecule has 0 aliphatic rings. The average Bonchev–Trinajstić information content (AvgIpc) is 3.22. The highest BCUT2D eigenvalue weighted by atomic mass is 16.7. The first-order valence-corrected chi connectivity index (χ1v) is 10.0. The molecule has 170 valence electrons. The highest BCUT2D eigenvalue weighted by Crippen LogP contribution is 2.41. The number of carbonyl (C=O) groups excluding carboxylic acids is 2. The largest absolute Gasteiger partial charge is 0.491 e. The molecule has 3 aromatic rings. The summed E-state index contributed by atoms with van der Waals surface area (Å²) >= 11 is 0. The van der Waals surface area contributed by atoms with Crippen LogP contribution in [0.5, 0.6) is 11.5 Å². The Bertz CT molecular complexity index is 1100. The van der Waals surface area contributed by atoms with Crippen LogP contribution in [-0.4, -0.2) is 51.2 Å². The van der Waals surface area contributed by atoms with Crippen LogP contribution in [0, 0.1) is 0 Å². The molecule has 0 radical (unpaired) electrons. The van der Waals surface area contributed by atoms with Gasteiger partial charge in [-0.2, -0.15) is 0 Å². The summed E-state index contributed by atoms with van der Waals surface area (Å²) in [6.07, 6.45) is -0.173. The van der Waals surface area contributed by atoms with Crippen molar-refractivity contribution in [1.29, 1.82) is 0 Å². The van der Waals surface area contributed by atoms with E-state index in [1.54, 1.807) is 20.3 Å². The van der Waals surface area contributed by atoms with E-state index in [4.69, 9.17) is 23.7 Å². The van der Waals surface area contributed by atoms with Crippen LogP contribution >= 0.6 is 0 Å². The molecule has 0 saturated carbocycles. The molecule has 0 atom stereocenters. The van der Waals surface area contributed by atoms with Crippen LogP contribution in [-0.2, 0) is 27.2 Å². The maximum atomic E-state index is 12.6. The highest BCUT2D eigenvalue weighted by molar-refractivity contribution is 6.06. The number of aromatic nitrogens is 1. The molecule has 0 unspecified atom stereocenters. The molecule has 8 nitrogen and oxygen atoms in total. The minimum absolute atomic E-state index is 0.0983. The van der Waals surface area contributed by atoms with Crippen LogP contribution in [0.4, 0.5) is 0 Å². The Morgan fingerprint density at radius 1 is 1.00 bits per heavy atom. The summed E-state index contributed by atoms with van der Waals surface area (Å²) in [4.78, 5) is 25.0. The number of hydrogen-bond acceptors (Lipinski definition) is 7. The number of methoxy groups -OCH3 is 4. The van der Waals surface area contributed by atoms with Gasteiger partial charge in [0.05, 0.1) is 14.2 Å². The maximum absolute atomic E-state index is 12.6. The zero-order chi connectivity index (χ0) is 23.3. The number of nitrogens with zero attached hydrogens (tertiary/aromatic N) is 1. The van der Waals surface area contributed by atoms with Gasteiger partial charge in [0, 0.05) is 33.0 Å². The number of fused-ring (bicyclic) bond motifs is 1. The lowest BCUT2D eigenvalue weighted by atomic mass is 10.0. The molecule has 0 amide bonds. The van der Waals surface area contributed by atoms with Crippen LogP contribution in [0.15, 0.2) is 42.5 Å². The van der Waals surface area contributed by atoms with E-state index < -0.39 is 12.3 Å². The van der Waals surface area contributed by atoms with Gasteiger partial charge >= 0.3 is 5.97 Å². The van der Waals surface area contributed by atoms with Crippen LogP contribution in [0.2, 0.25) is 0 Å². The zero-order valence-electron chi connectivity index (χ0n) is 18.8. The first kappa shape index (κ1) is 23.3. The van der Waals surface area contributed by atoms with Gasteiger partial charge in [-0.1, -0.05) is 30.3 Å². The van der Waals surface area contributed by atoms with E-state index in [1.165, 1.54) is 25.7 Å². The molecule has 0 N–H and O–H groups in total.